The number of hydrogen-bond acceptors (Lipinski definition) is 2. The van der Waals surface area contributed by atoms with Crippen LogP contribution in [0.2, 0.25) is 0 Å². The highest BCUT2D eigenvalue weighted by molar-refractivity contribution is 5.43. The highest BCUT2D eigenvalue weighted by atomic mass is 16.5. The maximum atomic E-state index is 6.14. The molecule has 1 aromatic rings. The average Bonchev–Trinajstić information content (AvgIpc) is 2.36. The molecule has 0 saturated carbocycles. The van der Waals surface area contributed by atoms with Crippen LogP contribution in [0.15, 0.2) is 18.2 Å². The van der Waals surface area contributed by atoms with E-state index in [2.05, 4.69) is 32.0 Å². The van der Waals surface area contributed by atoms with Crippen molar-refractivity contribution in [2.24, 2.45) is 11.7 Å². The molecule has 1 aliphatic carbocycles. The number of rotatable bonds is 4. The third-order valence-corrected chi connectivity index (χ3v) is 3.73. The van der Waals surface area contributed by atoms with E-state index in [1.54, 1.807) is 0 Å². The number of hydrogen-bond donors (Lipinski definition) is 1. The topological polar surface area (TPSA) is 35.2 Å². The van der Waals surface area contributed by atoms with E-state index in [1.807, 2.05) is 0 Å². The Hall–Kier alpha value is -1.02. The Morgan fingerprint density at radius 3 is 3.06 bits per heavy atom. The third kappa shape index (κ3) is 2.81. The quantitative estimate of drug-likeness (QED) is 0.864. The van der Waals surface area contributed by atoms with Gasteiger partial charge in [0.2, 0.25) is 0 Å². The van der Waals surface area contributed by atoms with Crippen LogP contribution in [-0.2, 0) is 6.42 Å². The molecule has 94 valence electrons. The normalized spacial score (nSPS) is 20.8. The summed E-state index contributed by atoms with van der Waals surface area (Å²) in [5.74, 6) is 1.67. The van der Waals surface area contributed by atoms with Crippen molar-refractivity contribution in [3.8, 4) is 5.75 Å². The van der Waals surface area contributed by atoms with Crippen LogP contribution in [0, 0.1) is 5.92 Å². The monoisotopic (exact) mass is 233 g/mol. The Bertz CT molecular complexity index is 375. The molecule has 0 heterocycles. The molecule has 0 amide bonds. The molecule has 0 spiro atoms. The number of fused-ring (bicyclic) bond motifs is 1. The van der Waals surface area contributed by atoms with Crippen LogP contribution in [0.1, 0.15) is 50.3 Å². The summed E-state index contributed by atoms with van der Waals surface area (Å²) in [6, 6.07) is 6.50. The predicted molar refractivity (Wildman–Crippen MR) is 71.3 cm³/mol. The van der Waals surface area contributed by atoms with E-state index in [9.17, 15) is 0 Å². The molecule has 0 aliphatic heterocycles. The maximum Gasteiger partial charge on any atom is 0.122 e. The van der Waals surface area contributed by atoms with Crippen molar-refractivity contribution in [3.63, 3.8) is 0 Å². The van der Waals surface area contributed by atoms with Crippen molar-refractivity contribution in [3.05, 3.63) is 29.3 Å². The Labute approximate surface area is 104 Å². The summed E-state index contributed by atoms with van der Waals surface area (Å²) in [5.41, 5.74) is 8.77. The van der Waals surface area contributed by atoms with Crippen molar-refractivity contribution in [1.82, 2.24) is 0 Å². The molecule has 0 radical (unpaired) electrons. The van der Waals surface area contributed by atoms with Crippen LogP contribution in [0.4, 0.5) is 0 Å². The molecule has 2 N–H and O–H groups in total. The molecular weight excluding hydrogens is 210 g/mol. The zero-order valence-electron chi connectivity index (χ0n) is 10.9. The summed E-state index contributed by atoms with van der Waals surface area (Å²) in [5, 5.41) is 0. The molecule has 2 nitrogen and oxygen atoms in total. The molecule has 0 fully saturated rings. The smallest absolute Gasteiger partial charge is 0.122 e. The van der Waals surface area contributed by atoms with Gasteiger partial charge in [-0.25, -0.2) is 0 Å². The van der Waals surface area contributed by atoms with E-state index >= 15 is 0 Å². The fraction of sp³-hybridized carbons (Fsp3) is 0.600. The van der Waals surface area contributed by atoms with Crippen LogP contribution < -0.4 is 10.5 Å². The Kier molecular flexibility index (Phi) is 4.06. The average molecular weight is 233 g/mol. The first-order valence-corrected chi connectivity index (χ1v) is 6.72. The summed E-state index contributed by atoms with van der Waals surface area (Å²) in [6.07, 6.45) is 4.55. The van der Waals surface area contributed by atoms with Gasteiger partial charge in [0, 0.05) is 6.04 Å². The Morgan fingerprint density at radius 2 is 2.29 bits per heavy atom. The van der Waals surface area contributed by atoms with Crippen LogP contribution in [0.25, 0.3) is 0 Å². The molecular formula is C15H23NO. The van der Waals surface area contributed by atoms with Gasteiger partial charge in [-0.05, 0) is 42.4 Å². The second kappa shape index (κ2) is 5.54. The van der Waals surface area contributed by atoms with E-state index in [0.29, 0.717) is 5.92 Å². The van der Waals surface area contributed by atoms with Crippen molar-refractivity contribution in [1.29, 1.82) is 0 Å². The minimum Gasteiger partial charge on any atom is -0.493 e. The summed E-state index contributed by atoms with van der Waals surface area (Å²) in [4.78, 5) is 0. The van der Waals surface area contributed by atoms with Crippen LogP contribution in [-0.4, -0.2) is 6.61 Å². The van der Waals surface area contributed by atoms with Crippen LogP contribution in [0.3, 0.4) is 0 Å². The lowest BCUT2D eigenvalue weighted by molar-refractivity contribution is 0.253. The van der Waals surface area contributed by atoms with Gasteiger partial charge in [0.25, 0.3) is 0 Å². The summed E-state index contributed by atoms with van der Waals surface area (Å²) in [7, 11) is 0. The van der Waals surface area contributed by atoms with E-state index in [0.717, 1.165) is 31.6 Å². The maximum absolute atomic E-state index is 6.14. The van der Waals surface area contributed by atoms with E-state index in [1.165, 1.54) is 17.5 Å². The van der Waals surface area contributed by atoms with Gasteiger partial charge in [-0.3, -0.25) is 0 Å². The fourth-order valence-corrected chi connectivity index (χ4v) is 2.34. The van der Waals surface area contributed by atoms with Crippen molar-refractivity contribution in [2.75, 3.05) is 6.61 Å². The molecule has 2 atom stereocenters. The first kappa shape index (κ1) is 12.4. The van der Waals surface area contributed by atoms with E-state index in [4.69, 9.17) is 10.5 Å². The highest BCUT2D eigenvalue weighted by Crippen LogP contribution is 2.34. The second-order valence-electron chi connectivity index (χ2n) is 5.15. The number of benzene rings is 1. The predicted octanol–water partition coefficient (Wildman–Crippen LogP) is 3.45. The second-order valence-corrected chi connectivity index (χ2v) is 5.15. The van der Waals surface area contributed by atoms with Crippen molar-refractivity contribution in [2.45, 2.75) is 45.6 Å². The number of ether oxygens (including phenoxy) is 1. The van der Waals surface area contributed by atoms with Gasteiger partial charge in [-0.15, -0.1) is 0 Å². The Morgan fingerprint density at radius 1 is 1.47 bits per heavy atom. The van der Waals surface area contributed by atoms with Gasteiger partial charge in [0.15, 0.2) is 0 Å². The van der Waals surface area contributed by atoms with Gasteiger partial charge in [-0.2, -0.15) is 0 Å². The summed E-state index contributed by atoms with van der Waals surface area (Å²) >= 11 is 0. The highest BCUT2D eigenvalue weighted by Gasteiger charge is 2.19. The van der Waals surface area contributed by atoms with Gasteiger partial charge in [0.05, 0.1) is 6.61 Å². The van der Waals surface area contributed by atoms with E-state index in [-0.39, 0.29) is 6.04 Å². The molecule has 17 heavy (non-hydrogen) atoms. The Balaban J connectivity index is 2.15. The lowest BCUT2D eigenvalue weighted by atomic mass is 9.87. The minimum atomic E-state index is 0.200. The molecule has 1 aromatic carbocycles. The zero-order chi connectivity index (χ0) is 12.3. The molecule has 2 unspecified atom stereocenters. The molecule has 2 heteroatoms. The third-order valence-electron chi connectivity index (χ3n) is 3.73. The van der Waals surface area contributed by atoms with Crippen molar-refractivity contribution >= 4 is 0 Å². The first-order valence-electron chi connectivity index (χ1n) is 6.72. The van der Waals surface area contributed by atoms with Gasteiger partial charge >= 0.3 is 0 Å². The van der Waals surface area contributed by atoms with Crippen LogP contribution in [0.5, 0.6) is 5.75 Å². The molecule has 0 bridgehead atoms. The number of nitrogens with two attached hydrogens (primary N) is 1. The van der Waals surface area contributed by atoms with Gasteiger partial charge in [0.1, 0.15) is 5.75 Å². The zero-order valence-corrected chi connectivity index (χ0v) is 10.9. The van der Waals surface area contributed by atoms with E-state index < -0.39 is 0 Å². The summed E-state index contributed by atoms with van der Waals surface area (Å²) < 4.78 is 5.95. The molecule has 0 saturated heterocycles. The summed E-state index contributed by atoms with van der Waals surface area (Å²) in [6.45, 7) is 5.23. The largest absolute Gasteiger partial charge is 0.493 e. The van der Waals surface area contributed by atoms with Crippen LogP contribution >= 0.6 is 0 Å². The first-order chi connectivity index (χ1) is 8.22. The molecule has 0 aromatic heterocycles. The minimum absolute atomic E-state index is 0.200. The lowest BCUT2D eigenvalue weighted by Crippen LogP contribution is -2.18. The molecule has 2 rings (SSSR count). The van der Waals surface area contributed by atoms with Crippen molar-refractivity contribution < 1.29 is 4.74 Å². The SMILES string of the molecule is CCC(C)COc1cccc2c1CCCC2N. The van der Waals surface area contributed by atoms with Gasteiger partial charge < -0.3 is 10.5 Å². The lowest BCUT2D eigenvalue weighted by Gasteiger charge is -2.24. The fourth-order valence-electron chi connectivity index (χ4n) is 2.34. The molecule has 1 aliphatic rings. The standard InChI is InChI=1S/C15H23NO/c1-3-11(2)10-17-15-9-5-6-12-13(15)7-4-8-14(12)16/h5-6,9,11,14H,3-4,7-8,10,16H2,1-2H3. The van der Waals surface area contributed by atoms with Gasteiger partial charge in [-0.1, -0.05) is 32.4 Å².